The molecule has 0 aliphatic carbocycles. The van der Waals surface area contributed by atoms with Crippen LogP contribution < -0.4 is 10.1 Å². The zero-order valence-corrected chi connectivity index (χ0v) is 15.0. The molecule has 2 heterocycles. The number of hydrogen-bond donors (Lipinski definition) is 1. The molecular formula is C17H11Cl2F2N5O. The molecule has 0 radical (unpaired) electrons. The van der Waals surface area contributed by atoms with Crippen molar-refractivity contribution in [2.45, 2.75) is 12.7 Å². The van der Waals surface area contributed by atoms with Crippen LogP contribution in [-0.2, 0) is 0 Å². The number of hydrogen-bond acceptors (Lipinski definition) is 5. The fourth-order valence-electron chi connectivity index (χ4n) is 2.82. The first kappa shape index (κ1) is 17.7. The van der Waals surface area contributed by atoms with Gasteiger partial charge < -0.3 is 10.1 Å². The maximum Gasteiger partial charge on any atom is 0.387 e. The lowest BCUT2D eigenvalue weighted by Crippen LogP contribution is -2.20. The summed E-state index contributed by atoms with van der Waals surface area (Å²) in [5.41, 5.74) is 1.80. The van der Waals surface area contributed by atoms with Crippen LogP contribution in [-0.4, -0.2) is 26.8 Å². The molecule has 1 aromatic heterocycles. The monoisotopic (exact) mass is 409 g/mol. The Bertz CT molecular complexity index is 1010. The zero-order valence-electron chi connectivity index (χ0n) is 13.5. The van der Waals surface area contributed by atoms with Crippen LogP contribution in [0.15, 0.2) is 48.5 Å². The normalized spacial score (nSPS) is 15.9. The molecule has 0 saturated heterocycles. The van der Waals surface area contributed by atoms with Gasteiger partial charge in [0.1, 0.15) is 11.8 Å². The van der Waals surface area contributed by atoms with Crippen LogP contribution in [0.5, 0.6) is 5.75 Å². The predicted molar refractivity (Wildman–Crippen MR) is 97.1 cm³/mol. The van der Waals surface area contributed by atoms with Crippen molar-refractivity contribution in [3.8, 4) is 5.75 Å². The molecule has 0 spiro atoms. The molecule has 10 heteroatoms. The van der Waals surface area contributed by atoms with Crippen LogP contribution in [0.2, 0.25) is 10.0 Å². The minimum Gasteiger partial charge on any atom is -0.434 e. The van der Waals surface area contributed by atoms with Gasteiger partial charge in [-0.25, -0.2) is 0 Å². The summed E-state index contributed by atoms with van der Waals surface area (Å²) in [6.07, 6.45) is 1.81. The average molecular weight is 410 g/mol. The van der Waals surface area contributed by atoms with E-state index in [1.54, 1.807) is 28.9 Å². The third kappa shape index (κ3) is 3.58. The molecule has 27 heavy (non-hydrogen) atoms. The Labute approximate surface area is 162 Å². The van der Waals surface area contributed by atoms with Crippen LogP contribution in [0.1, 0.15) is 17.2 Å². The van der Waals surface area contributed by atoms with Crippen LogP contribution in [0, 0.1) is 0 Å². The summed E-state index contributed by atoms with van der Waals surface area (Å²) in [5.74, 6) is 0.317. The second kappa shape index (κ2) is 7.13. The number of ether oxygens (including phenoxy) is 1. The van der Waals surface area contributed by atoms with E-state index in [9.17, 15) is 8.78 Å². The number of tetrazole rings is 1. The summed E-state index contributed by atoms with van der Waals surface area (Å²) in [4.78, 5) is 0. The van der Waals surface area contributed by atoms with Gasteiger partial charge in [-0.15, -0.1) is 0 Å². The summed E-state index contributed by atoms with van der Waals surface area (Å²) in [6, 6.07) is 11.4. The van der Waals surface area contributed by atoms with E-state index in [1.165, 1.54) is 6.07 Å². The lowest BCUT2D eigenvalue weighted by molar-refractivity contribution is -0.0500. The first-order valence-corrected chi connectivity index (χ1v) is 8.54. The number of rotatable bonds is 4. The highest BCUT2D eigenvalue weighted by Crippen LogP contribution is 2.36. The molecular weight excluding hydrogens is 399 g/mol. The predicted octanol–water partition coefficient (Wildman–Crippen LogP) is 4.64. The third-order valence-electron chi connectivity index (χ3n) is 3.99. The number of halogens is 4. The number of allylic oxidation sites excluding steroid dienone is 1. The number of fused-ring (bicyclic) bond motifs is 1. The van der Waals surface area contributed by atoms with Crippen molar-refractivity contribution in [1.82, 2.24) is 20.2 Å². The third-order valence-corrected chi connectivity index (χ3v) is 4.48. The molecule has 6 nitrogen and oxygen atoms in total. The molecule has 0 saturated carbocycles. The lowest BCUT2D eigenvalue weighted by Gasteiger charge is -2.24. The Hall–Kier alpha value is -2.71. The van der Waals surface area contributed by atoms with Crippen molar-refractivity contribution in [3.05, 3.63) is 69.7 Å². The number of aromatic nitrogens is 4. The first-order chi connectivity index (χ1) is 13.0. The number of anilines is 1. The van der Waals surface area contributed by atoms with Crippen LogP contribution >= 0.6 is 23.2 Å². The molecule has 4 rings (SSSR count). The van der Waals surface area contributed by atoms with E-state index in [0.29, 0.717) is 22.2 Å². The molecule has 1 aliphatic heterocycles. The van der Waals surface area contributed by atoms with Crippen LogP contribution in [0.4, 0.5) is 14.7 Å². The molecule has 1 aliphatic rings. The SMILES string of the molecule is FC(F)Oc1cc(Cl)ccc1C1=CC(c2ccc(Cl)cc2)n2nnnc2N1. The molecule has 1 N–H and O–H groups in total. The van der Waals surface area contributed by atoms with Gasteiger partial charge in [-0.2, -0.15) is 13.5 Å². The Kier molecular flexibility index (Phi) is 4.67. The Morgan fingerprint density at radius 3 is 2.56 bits per heavy atom. The Morgan fingerprint density at radius 2 is 1.81 bits per heavy atom. The molecule has 1 atom stereocenters. The fraction of sp³-hybridized carbons (Fsp3) is 0.118. The van der Waals surface area contributed by atoms with Gasteiger partial charge in [-0.3, -0.25) is 0 Å². The second-order valence-corrected chi connectivity index (χ2v) is 6.54. The van der Waals surface area contributed by atoms with Crippen molar-refractivity contribution in [2.75, 3.05) is 5.32 Å². The maximum absolute atomic E-state index is 12.8. The van der Waals surface area contributed by atoms with Crippen molar-refractivity contribution < 1.29 is 13.5 Å². The standard InChI is InChI=1S/C17H11Cl2F2N5O/c18-10-3-1-9(2-4-10)14-8-13(22-17-23-24-25-26(14)17)12-6-5-11(19)7-15(12)27-16(20)21/h1-8,14,16H,(H,22,23,25). The fourth-order valence-corrected chi connectivity index (χ4v) is 3.11. The van der Waals surface area contributed by atoms with Gasteiger partial charge in [0.25, 0.3) is 0 Å². The van der Waals surface area contributed by atoms with Gasteiger partial charge in [0.2, 0.25) is 5.95 Å². The van der Waals surface area contributed by atoms with E-state index >= 15 is 0 Å². The van der Waals surface area contributed by atoms with E-state index < -0.39 is 6.61 Å². The number of nitrogens with one attached hydrogen (secondary N) is 1. The van der Waals surface area contributed by atoms with E-state index in [1.807, 2.05) is 18.2 Å². The van der Waals surface area contributed by atoms with E-state index in [0.717, 1.165) is 5.56 Å². The zero-order chi connectivity index (χ0) is 19.0. The van der Waals surface area contributed by atoms with Crippen molar-refractivity contribution in [2.24, 2.45) is 0 Å². The minimum absolute atomic E-state index is 0.0490. The second-order valence-electron chi connectivity index (χ2n) is 5.67. The summed E-state index contributed by atoms with van der Waals surface area (Å²) < 4.78 is 31.8. The smallest absolute Gasteiger partial charge is 0.387 e. The first-order valence-electron chi connectivity index (χ1n) is 7.78. The topological polar surface area (TPSA) is 64.9 Å². The van der Waals surface area contributed by atoms with Gasteiger partial charge in [0.15, 0.2) is 0 Å². The molecule has 1 unspecified atom stereocenters. The van der Waals surface area contributed by atoms with Crippen LogP contribution in [0.25, 0.3) is 5.70 Å². The van der Waals surface area contributed by atoms with Crippen molar-refractivity contribution in [1.29, 1.82) is 0 Å². The maximum atomic E-state index is 12.8. The Balaban J connectivity index is 1.81. The average Bonchev–Trinajstić information content (AvgIpc) is 3.10. The van der Waals surface area contributed by atoms with Gasteiger partial charge in [0.05, 0.1) is 5.70 Å². The van der Waals surface area contributed by atoms with Crippen molar-refractivity contribution in [3.63, 3.8) is 0 Å². The number of alkyl halides is 2. The lowest BCUT2D eigenvalue weighted by atomic mass is 10.0. The van der Waals surface area contributed by atoms with E-state index in [4.69, 9.17) is 23.2 Å². The highest BCUT2D eigenvalue weighted by Gasteiger charge is 2.26. The summed E-state index contributed by atoms with van der Waals surface area (Å²) in [5, 5.41) is 15.5. The van der Waals surface area contributed by atoms with Crippen LogP contribution in [0.3, 0.4) is 0 Å². The summed E-state index contributed by atoms with van der Waals surface area (Å²) in [7, 11) is 0. The van der Waals surface area contributed by atoms with Crippen molar-refractivity contribution >= 4 is 34.8 Å². The highest BCUT2D eigenvalue weighted by atomic mass is 35.5. The van der Waals surface area contributed by atoms with Gasteiger partial charge >= 0.3 is 6.61 Å². The number of benzene rings is 2. The minimum atomic E-state index is -2.98. The van der Waals surface area contributed by atoms with E-state index in [2.05, 4.69) is 25.6 Å². The van der Waals surface area contributed by atoms with Gasteiger partial charge in [0, 0.05) is 15.6 Å². The number of nitrogens with zero attached hydrogens (tertiary/aromatic N) is 4. The summed E-state index contributed by atoms with van der Waals surface area (Å²) >= 11 is 11.9. The van der Waals surface area contributed by atoms with Gasteiger partial charge in [-0.1, -0.05) is 40.4 Å². The molecule has 0 amide bonds. The highest BCUT2D eigenvalue weighted by molar-refractivity contribution is 6.31. The molecule has 3 aromatic rings. The quantitative estimate of drug-likeness (QED) is 0.679. The molecule has 0 bridgehead atoms. The molecule has 0 fully saturated rings. The molecule has 138 valence electrons. The summed E-state index contributed by atoms with van der Waals surface area (Å²) in [6.45, 7) is -2.98. The van der Waals surface area contributed by atoms with Gasteiger partial charge in [-0.05, 0) is 52.4 Å². The molecule has 2 aromatic carbocycles. The largest absolute Gasteiger partial charge is 0.434 e. The Morgan fingerprint density at radius 1 is 1.07 bits per heavy atom. The van der Waals surface area contributed by atoms with E-state index in [-0.39, 0.29) is 16.8 Å².